The Bertz CT molecular complexity index is 316. The van der Waals surface area contributed by atoms with Crippen LogP contribution in [0.15, 0.2) is 4.60 Å². The minimum absolute atomic E-state index is 0.327. The first kappa shape index (κ1) is 12.4. The summed E-state index contributed by atoms with van der Waals surface area (Å²) in [6, 6.07) is -0.848. The largest absolute Gasteiger partial charge is 0.390 e. The molecule has 1 aromatic rings. The van der Waals surface area contributed by atoms with Crippen LogP contribution in [0, 0.1) is 0 Å². The Morgan fingerprint density at radius 1 is 1.53 bits per heavy atom. The number of hydrogen-bond donors (Lipinski definition) is 1. The van der Waals surface area contributed by atoms with E-state index in [1.165, 1.54) is 11.7 Å². The highest BCUT2D eigenvalue weighted by Crippen LogP contribution is 2.31. The summed E-state index contributed by atoms with van der Waals surface area (Å²) in [4.78, 5) is 0. The van der Waals surface area contributed by atoms with Gasteiger partial charge in [0.25, 0.3) is 0 Å². The van der Waals surface area contributed by atoms with Crippen molar-refractivity contribution in [2.75, 3.05) is 7.05 Å². The van der Waals surface area contributed by atoms with Crippen molar-refractivity contribution < 1.29 is 13.2 Å². The molecule has 0 radical (unpaired) electrons. The first-order chi connectivity index (χ1) is 6.85. The zero-order valence-corrected chi connectivity index (χ0v) is 9.72. The SMILES string of the molecule is CNC(CC(F)(F)F)c1c(Br)nnn1C. The monoisotopic (exact) mass is 286 g/mol. The maximum atomic E-state index is 12.2. The van der Waals surface area contributed by atoms with E-state index in [4.69, 9.17) is 0 Å². The molecule has 0 aliphatic heterocycles. The van der Waals surface area contributed by atoms with Crippen LogP contribution < -0.4 is 5.32 Å². The Hall–Kier alpha value is -0.630. The van der Waals surface area contributed by atoms with Gasteiger partial charge in [-0.05, 0) is 23.0 Å². The fourth-order valence-electron chi connectivity index (χ4n) is 1.28. The van der Waals surface area contributed by atoms with Crippen molar-refractivity contribution in [2.45, 2.75) is 18.6 Å². The quantitative estimate of drug-likeness (QED) is 0.921. The first-order valence-corrected chi connectivity index (χ1v) is 4.93. The number of nitrogens with zero attached hydrogens (tertiary/aromatic N) is 3. The lowest BCUT2D eigenvalue weighted by Crippen LogP contribution is -2.25. The first-order valence-electron chi connectivity index (χ1n) is 4.14. The van der Waals surface area contributed by atoms with Crippen LogP contribution in [0.4, 0.5) is 13.2 Å². The van der Waals surface area contributed by atoms with Gasteiger partial charge >= 0.3 is 6.18 Å². The van der Waals surface area contributed by atoms with Crippen LogP contribution in [0.25, 0.3) is 0 Å². The lowest BCUT2D eigenvalue weighted by atomic mass is 10.1. The highest BCUT2D eigenvalue weighted by atomic mass is 79.9. The molecule has 86 valence electrons. The lowest BCUT2D eigenvalue weighted by Gasteiger charge is -2.17. The number of aryl methyl sites for hydroxylation is 1. The molecule has 1 aromatic heterocycles. The molecule has 1 atom stereocenters. The fraction of sp³-hybridized carbons (Fsp3) is 0.714. The van der Waals surface area contributed by atoms with E-state index in [1.54, 1.807) is 7.05 Å². The molecule has 0 bridgehead atoms. The second-order valence-corrected chi connectivity index (χ2v) is 3.80. The van der Waals surface area contributed by atoms with Gasteiger partial charge in [-0.2, -0.15) is 13.2 Å². The molecule has 0 amide bonds. The number of alkyl halides is 3. The van der Waals surface area contributed by atoms with Crippen molar-refractivity contribution in [1.82, 2.24) is 20.3 Å². The summed E-state index contributed by atoms with van der Waals surface area (Å²) in [5.41, 5.74) is 0.384. The van der Waals surface area contributed by atoms with Crippen molar-refractivity contribution in [2.24, 2.45) is 7.05 Å². The molecule has 1 heterocycles. The summed E-state index contributed by atoms with van der Waals surface area (Å²) in [7, 11) is 3.02. The lowest BCUT2D eigenvalue weighted by molar-refractivity contribution is -0.140. The Kier molecular flexibility index (Phi) is 3.72. The third-order valence-corrected chi connectivity index (χ3v) is 2.51. The van der Waals surface area contributed by atoms with Gasteiger partial charge in [-0.3, -0.25) is 0 Å². The van der Waals surface area contributed by atoms with Gasteiger partial charge in [0.15, 0.2) is 4.60 Å². The van der Waals surface area contributed by atoms with Gasteiger partial charge in [0.05, 0.1) is 18.2 Å². The number of hydrogen-bond acceptors (Lipinski definition) is 3. The van der Waals surface area contributed by atoms with E-state index in [0.29, 0.717) is 10.3 Å². The number of aromatic nitrogens is 3. The zero-order chi connectivity index (χ0) is 11.6. The summed E-state index contributed by atoms with van der Waals surface area (Å²) in [6.45, 7) is 0. The normalized spacial score (nSPS) is 14.3. The highest BCUT2D eigenvalue weighted by molar-refractivity contribution is 9.10. The maximum Gasteiger partial charge on any atom is 0.390 e. The standard InChI is InChI=1S/C7H10BrF3N4/c1-12-4(3-7(9,10)11)5-6(8)13-14-15(5)2/h4,12H,3H2,1-2H3. The molecule has 0 fully saturated rings. The van der Waals surface area contributed by atoms with E-state index in [2.05, 4.69) is 31.6 Å². The average molecular weight is 287 g/mol. The topological polar surface area (TPSA) is 42.7 Å². The summed E-state index contributed by atoms with van der Waals surface area (Å²) in [5.74, 6) is 0. The maximum absolute atomic E-state index is 12.2. The third kappa shape index (κ3) is 3.16. The van der Waals surface area contributed by atoms with Gasteiger partial charge in [-0.1, -0.05) is 5.21 Å². The molecule has 1 rings (SSSR count). The minimum Gasteiger partial charge on any atom is -0.311 e. The molecular weight excluding hydrogens is 277 g/mol. The molecule has 0 saturated carbocycles. The van der Waals surface area contributed by atoms with E-state index < -0.39 is 18.6 Å². The molecule has 4 nitrogen and oxygen atoms in total. The van der Waals surface area contributed by atoms with Crippen LogP contribution in [0.5, 0.6) is 0 Å². The van der Waals surface area contributed by atoms with Gasteiger partial charge in [0, 0.05) is 7.05 Å². The molecule has 0 aliphatic carbocycles. The second kappa shape index (κ2) is 4.48. The van der Waals surface area contributed by atoms with Crippen LogP contribution in [-0.2, 0) is 7.05 Å². The van der Waals surface area contributed by atoms with Crippen molar-refractivity contribution in [3.05, 3.63) is 10.3 Å². The molecule has 0 aliphatic rings. The molecule has 1 N–H and O–H groups in total. The van der Waals surface area contributed by atoms with E-state index in [9.17, 15) is 13.2 Å². The van der Waals surface area contributed by atoms with E-state index >= 15 is 0 Å². The summed E-state index contributed by atoms with van der Waals surface area (Å²) in [6.07, 6.45) is -5.18. The smallest absolute Gasteiger partial charge is 0.311 e. The Labute approximate surface area is 93.0 Å². The fourth-order valence-corrected chi connectivity index (χ4v) is 1.88. The van der Waals surface area contributed by atoms with Crippen LogP contribution in [0.2, 0.25) is 0 Å². The van der Waals surface area contributed by atoms with Gasteiger partial charge in [-0.25, -0.2) is 4.68 Å². The van der Waals surface area contributed by atoms with Gasteiger partial charge < -0.3 is 5.32 Å². The van der Waals surface area contributed by atoms with Crippen molar-refractivity contribution in [3.8, 4) is 0 Å². The minimum atomic E-state index is -4.22. The highest BCUT2D eigenvalue weighted by Gasteiger charge is 2.34. The molecule has 0 spiro atoms. The molecule has 0 saturated heterocycles. The third-order valence-electron chi connectivity index (χ3n) is 1.94. The number of halogens is 4. The van der Waals surface area contributed by atoms with Crippen molar-refractivity contribution in [1.29, 1.82) is 0 Å². The van der Waals surface area contributed by atoms with E-state index in [0.717, 1.165) is 0 Å². The summed E-state index contributed by atoms with van der Waals surface area (Å²) < 4.78 is 38.4. The van der Waals surface area contributed by atoms with Gasteiger partial charge in [-0.15, -0.1) is 5.10 Å². The molecule has 1 unspecified atom stereocenters. The Morgan fingerprint density at radius 2 is 2.13 bits per heavy atom. The van der Waals surface area contributed by atoms with Crippen LogP contribution in [0.3, 0.4) is 0 Å². The Morgan fingerprint density at radius 3 is 2.47 bits per heavy atom. The average Bonchev–Trinajstić information content (AvgIpc) is 2.41. The van der Waals surface area contributed by atoms with Gasteiger partial charge in [0.2, 0.25) is 0 Å². The number of rotatable bonds is 3. The van der Waals surface area contributed by atoms with E-state index in [-0.39, 0.29) is 0 Å². The van der Waals surface area contributed by atoms with Crippen molar-refractivity contribution in [3.63, 3.8) is 0 Å². The van der Waals surface area contributed by atoms with Crippen LogP contribution in [-0.4, -0.2) is 28.2 Å². The Balaban J connectivity index is 2.93. The van der Waals surface area contributed by atoms with E-state index in [1.807, 2.05) is 0 Å². The molecule has 8 heteroatoms. The van der Waals surface area contributed by atoms with Crippen LogP contribution >= 0.6 is 15.9 Å². The van der Waals surface area contributed by atoms with Crippen LogP contribution in [0.1, 0.15) is 18.2 Å². The second-order valence-electron chi connectivity index (χ2n) is 3.05. The van der Waals surface area contributed by atoms with Gasteiger partial charge in [0.1, 0.15) is 0 Å². The molecular formula is C7H10BrF3N4. The number of nitrogens with one attached hydrogen (secondary N) is 1. The molecule has 15 heavy (non-hydrogen) atoms. The predicted octanol–water partition coefficient (Wildman–Crippen LogP) is 1.79. The summed E-state index contributed by atoms with van der Waals surface area (Å²) in [5, 5.41) is 9.86. The summed E-state index contributed by atoms with van der Waals surface area (Å²) >= 11 is 3.06. The van der Waals surface area contributed by atoms with Crippen molar-refractivity contribution >= 4 is 15.9 Å². The zero-order valence-electron chi connectivity index (χ0n) is 8.14. The molecule has 0 aromatic carbocycles. The predicted molar refractivity (Wildman–Crippen MR) is 51.2 cm³/mol.